The van der Waals surface area contributed by atoms with E-state index in [1.807, 2.05) is 0 Å². The highest BCUT2D eigenvalue weighted by Gasteiger charge is 2.46. The van der Waals surface area contributed by atoms with Crippen molar-refractivity contribution in [2.75, 3.05) is 6.61 Å². The number of aliphatic hydroxyl groups is 2. The van der Waals surface area contributed by atoms with E-state index in [4.69, 9.17) is 0 Å². The van der Waals surface area contributed by atoms with Gasteiger partial charge in [0.1, 0.15) is 0 Å². The number of aliphatic hydroxyl groups excluding tert-OH is 2. The Balaban J connectivity index is 1.93. The molecular formula is C14H26O2. The van der Waals surface area contributed by atoms with Crippen LogP contribution in [0.2, 0.25) is 0 Å². The molecule has 2 saturated carbocycles. The van der Waals surface area contributed by atoms with E-state index in [9.17, 15) is 10.2 Å². The average Bonchev–Trinajstić information content (AvgIpc) is 2.55. The zero-order chi connectivity index (χ0) is 11.8. The predicted molar refractivity (Wildman–Crippen MR) is 65.0 cm³/mol. The van der Waals surface area contributed by atoms with Gasteiger partial charge in [0.25, 0.3) is 0 Å². The molecule has 0 saturated heterocycles. The quantitative estimate of drug-likeness (QED) is 0.760. The highest BCUT2D eigenvalue weighted by molar-refractivity contribution is 4.96. The van der Waals surface area contributed by atoms with Gasteiger partial charge in [0.15, 0.2) is 0 Å². The molecule has 2 N–H and O–H groups in total. The lowest BCUT2D eigenvalue weighted by atomic mass is 9.67. The smallest absolute Gasteiger partial charge is 0.0595 e. The van der Waals surface area contributed by atoms with Crippen molar-refractivity contribution >= 4 is 0 Å². The third-order valence-electron chi connectivity index (χ3n) is 5.15. The zero-order valence-electron chi connectivity index (χ0n) is 10.7. The Morgan fingerprint density at radius 2 is 1.81 bits per heavy atom. The van der Waals surface area contributed by atoms with Crippen molar-refractivity contribution in [2.24, 2.45) is 23.2 Å². The second-order valence-electron chi connectivity index (χ2n) is 6.50. The minimum atomic E-state index is -0.249. The molecule has 2 unspecified atom stereocenters. The van der Waals surface area contributed by atoms with Crippen LogP contribution in [0.4, 0.5) is 0 Å². The zero-order valence-corrected chi connectivity index (χ0v) is 10.7. The molecule has 94 valence electrons. The Labute approximate surface area is 99.1 Å². The molecule has 0 aromatic rings. The molecule has 0 amide bonds. The fourth-order valence-electron chi connectivity index (χ4n) is 3.90. The molecular weight excluding hydrogens is 200 g/mol. The summed E-state index contributed by atoms with van der Waals surface area (Å²) < 4.78 is 0. The Morgan fingerprint density at radius 3 is 2.25 bits per heavy atom. The van der Waals surface area contributed by atoms with Crippen LogP contribution in [-0.4, -0.2) is 22.9 Å². The van der Waals surface area contributed by atoms with Crippen molar-refractivity contribution in [3.63, 3.8) is 0 Å². The first kappa shape index (κ1) is 12.4. The van der Waals surface area contributed by atoms with Gasteiger partial charge < -0.3 is 10.2 Å². The first-order chi connectivity index (χ1) is 7.56. The monoisotopic (exact) mass is 226 g/mol. The van der Waals surface area contributed by atoms with Gasteiger partial charge in [-0.15, -0.1) is 0 Å². The van der Waals surface area contributed by atoms with Crippen LogP contribution in [-0.2, 0) is 0 Å². The summed E-state index contributed by atoms with van der Waals surface area (Å²) in [6.45, 7) is 4.81. The van der Waals surface area contributed by atoms with Crippen LogP contribution < -0.4 is 0 Å². The Morgan fingerprint density at radius 1 is 1.19 bits per heavy atom. The van der Waals surface area contributed by atoms with Gasteiger partial charge in [0.2, 0.25) is 0 Å². The lowest BCUT2D eigenvalue weighted by Crippen LogP contribution is -2.27. The molecule has 2 aliphatic rings. The third kappa shape index (κ3) is 2.28. The van der Waals surface area contributed by atoms with Crippen LogP contribution in [0, 0.1) is 23.2 Å². The van der Waals surface area contributed by atoms with Crippen molar-refractivity contribution in [3.8, 4) is 0 Å². The topological polar surface area (TPSA) is 40.5 Å². The normalized spacial score (nSPS) is 44.4. The average molecular weight is 226 g/mol. The SMILES string of the molecule is CC(C)C1CCC2(CC1)CC(O)C(CO)C2. The number of hydrogen-bond acceptors (Lipinski definition) is 2. The summed E-state index contributed by atoms with van der Waals surface area (Å²) in [5.74, 6) is 1.84. The van der Waals surface area contributed by atoms with E-state index in [0.717, 1.165) is 24.7 Å². The maximum atomic E-state index is 9.92. The number of rotatable bonds is 2. The van der Waals surface area contributed by atoms with Gasteiger partial charge in [-0.05, 0) is 55.8 Å². The first-order valence-electron chi connectivity index (χ1n) is 6.85. The van der Waals surface area contributed by atoms with Crippen molar-refractivity contribution < 1.29 is 10.2 Å². The van der Waals surface area contributed by atoms with Crippen LogP contribution in [0.5, 0.6) is 0 Å². The molecule has 0 bridgehead atoms. The van der Waals surface area contributed by atoms with Crippen molar-refractivity contribution in [2.45, 2.75) is 58.5 Å². The Kier molecular flexibility index (Phi) is 3.60. The fourth-order valence-corrected chi connectivity index (χ4v) is 3.90. The van der Waals surface area contributed by atoms with Crippen molar-refractivity contribution in [1.29, 1.82) is 0 Å². The second kappa shape index (κ2) is 4.66. The van der Waals surface area contributed by atoms with Gasteiger partial charge in [-0.2, -0.15) is 0 Å². The molecule has 0 aliphatic heterocycles. The molecule has 2 atom stereocenters. The molecule has 2 heteroatoms. The highest BCUT2D eigenvalue weighted by Crippen LogP contribution is 2.53. The van der Waals surface area contributed by atoms with Gasteiger partial charge in [-0.3, -0.25) is 0 Å². The molecule has 0 heterocycles. The van der Waals surface area contributed by atoms with Gasteiger partial charge >= 0.3 is 0 Å². The highest BCUT2D eigenvalue weighted by atomic mass is 16.3. The van der Waals surface area contributed by atoms with E-state index in [0.29, 0.717) is 5.41 Å². The maximum Gasteiger partial charge on any atom is 0.0595 e. The fraction of sp³-hybridized carbons (Fsp3) is 1.00. The van der Waals surface area contributed by atoms with Gasteiger partial charge in [0.05, 0.1) is 6.10 Å². The minimum Gasteiger partial charge on any atom is -0.396 e. The summed E-state index contributed by atoms with van der Waals surface area (Å²) in [5.41, 5.74) is 0.373. The maximum absolute atomic E-state index is 9.92. The minimum absolute atomic E-state index is 0.149. The molecule has 2 nitrogen and oxygen atoms in total. The van der Waals surface area contributed by atoms with Crippen LogP contribution >= 0.6 is 0 Å². The Bertz CT molecular complexity index is 229. The standard InChI is InChI=1S/C14H26O2/c1-10(2)11-3-5-14(6-4-11)7-12(9-15)13(16)8-14/h10-13,15-16H,3-9H2,1-2H3. The van der Waals surface area contributed by atoms with E-state index < -0.39 is 0 Å². The van der Waals surface area contributed by atoms with E-state index in [-0.39, 0.29) is 18.6 Å². The molecule has 1 spiro atoms. The molecule has 2 rings (SSSR count). The van der Waals surface area contributed by atoms with Crippen molar-refractivity contribution in [1.82, 2.24) is 0 Å². The summed E-state index contributed by atoms with van der Waals surface area (Å²) in [6, 6.07) is 0. The van der Waals surface area contributed by atoms with Gasteiger partial charge in [0, 0.05) is 12.5 Å². The predicted octanol–water partition coefficient (Wildman–Crippen LogP) is 2.58. The van der Waals surface area contributed by atoms with Crippen LogP contribution in [0.25, 0.3) is 0 Å². The van der Waals surface area contributed by atoms with Crippen molar-refractivity contribution in [3.05, 3.63) is 0 Å². The molecule has 0 aromatic heterocycles. The molecule has 2 aliphatic carbocycles. The second-order valence-corrected chi connectivity index (χ2v) is 6.50. The third-order valence-corrected chi connectivity index (χ3v) is 5.15. The van der Waals surface area contributed by atoms with Gasteiger partial charge in [-0.25, -0.2) is 0 Å². The molecule has 16 heavy (non-hydrogen) atoms. The lowest BCUT2D eigenvalue weighted by Gasteiger charge is -2.39. The van der Waals surface area contributed by atoms with Crippen LogP contribution in [0.3, 0.4) is 0 Å². The summed E-state index contributed by atoms with van der Waals surface area (Å²) in [7, 11) is 0. The van der Waals surface area contributed by atoms with E-state index in [2.05, 4.69) is 13.8 Å². The van der Waals surface area contributed by atoms with Crippen LogP contribution in [0.15, 0.2) is 0 Å². The Hall–Kier alpha value is -0.0800. The molecule has 2 fully saturated rings. The summed E-state index contributed by atoms with van der Waals surface area (Å²) in [6.07, 6.45) is 6.91. The van der Waals surface area contributed by atoms with E-state index in [1.54, 1.807) is 0 Å². The van der Waals surface area contributed by atoms with E-state index in [1.165, 1.54) is 25.7 Å². The lowest BCUT2D eigenvalue weighted by molar-refractivity contribution is 0.0859. The number of hydrogen-bond donors (Lipinski definition) is 2. The first-order valence-corrected chi connectivity index (χ1v) is 6.85. The molecule has 0 radical (unpaired) electrons. The molecule has 0 aromatic carbocycles. The van der Waals surface area contributed by atoms with Gasteiger partial charge in [-0.1, -0.05) is 13.8 Å². The largest absolute Gasteiger partial charge is 0.396 e. The van der Waals surface area contributed by atoms with Crippen LogP contribution in [0.1, 0.15) is 52.4 Å². The summed E-state index contributed by atoms with van der Waals surface area (Å²) in [5, 5.41) is 19.2. The summed E-state index contributed by atoms with van der Waals surface area (Å²) in [4.78, 5) is 0. The summed E-state index contributed by atoms with van der Waals surface area (Å²) >= 11 is 0. The van der Waals surface area contributed by atoms with E-state index >= 15 is 0 Å².